The zero-order valence-corrected chi connectivity index (χ0v) is 19.9. The monoisotopic (exact) mass is 419 g/mol. The largest absolute Gasteiger partial charge is 0.312 e. The Morgan fingerprint density at radius 3 is 1.46 bits per heavy atom. The zero-order chi connectivity index (χ0) is 21.1. The second-order valence-electron chi connectivity index (χ2n) is 9.15. The quantitative estimate of drug-likeness (QED) is 0.157. The van der Waals surface area contributed by atoms with Crippen molar-refractivity contribution in [3.63, 3.8) is 0 Å². The molecule has 0 aromatic rings. The number of nitrogens with one attached hydrogen (secondary N) is 1. The average Bonchev–Trinajstić information content (AvgIpc) is 2.61. The molecule has 0 bridgehead atoms. The van der Waals surface area contributed by atoms with Gasteiger partial charge in [-0.05, 0) is 33.2 Å². The third kappa shape index (κ3) is 22.2. The molecular formula is C23H49NO3S. The molecule has 0 unspecified atom stereocenters. The van der Waals surface area contributed by atoms with E-state index in [1.54, 1.807) is 0 Å². The van der Waals surface area contributed by atoms with E-state index in [1.807, 2.05) is 0 Å². The first kappa shape index (κ1) is 27.9. The summed E-state index contributed by atoms with van der Waals surface area (Å²) < 4.78 is 30.2. The van der Waals surface area contributed by atoms with Crippen molar-refractivity contribution >= 4 is 10.1 Å². The fraction of sp³-hybridized carbons (Fsp3) is 1.00. The molecule has 0 spiro atoms. The van der Waals surface area contributed by atoms with Crippen LogP contribution < -0.4 is 5.32 Å². The van der Waals surface area contributed by atoms with Gasteiger partial charge >= 0.3 is 0 Å². The van der Waals surface area contributed by atoms with Crippen molar-refractivity contribution in [3.8, 4) is 0 Å². The predicted molar refractivity (Wildman–Crippen MR) is 123 cm³/mol. The highest BCUT2D eigenvalue weighted by atomic mass is 32.2. The summed E-state index contributed by atoms with van der Waals surface area (Å²) in [7, 11) is -3.83. The summed E-state index contributed by atoms with van der Waals surface area (Å²) in [5.74, 6) is -0.158. The maximum atomic E-state index is 10.7. The van der Waals surface area contributed by atoms with Crippen LogP contribution >= 0.6 is 0 Å². The SMILES string of the molecule is CCCCCCCCCCCCCCCCCC(C)(C)NCCCS(=O)(=O)O. The second-order valence-corrected chi connectivity index (χ2v) is 10.7. The molecule has 0 aromatic heterocycles. The Balaban J connectivity index is 3.33. The van der Waals surface area contributed by atoms with Crippen molar-refractivity contribution in [2.45, 2.75) is 135 Å². The van der Waals surface area contributed by atoms with Gasteiger partial charge in [-0.25, -0.2) is 0 Å². The first-order chi connectivity index (χ1) is 13.3. The maximum absolute atomic E-state index is 10.7. The lowest BCUT2D eigenvalue weighted by molar-refractivity contribution is 0.347. The Bertz CT molecular complexity index is 435. The summed E-state index contributed by atoms with van der Waals surface area (Å²) in [6.07, 6.45) is 22.3. The van der Waals surface area contributed by atoms with Gasteiger partial charge in [-0.1, -0.05) is 103 Å². The summed E-state index contributed by atoms with van der Waals surface area (Å²) in [4.78, 5) is 0. The van der Waals surface area contributed by atoms with Gasteiger partial charge in [-0.3, -0.25) is 4.55 Å². The van der Waals surface area contributed by atoms with Crippen molar-refractivity contribution in [1.82, 2.24) is 5.32 Å². The minimum absolute atomic E-state index is 0.0375. The van der Waals surface area contributed by atoms with Crippen LogP contribution in [-0.4, -0.2) is 30.8 Å². The Labute approximate surface area is 176 Å². The Morgan fingerprint density at radius 1 is 0.679 bits per heavy atom. The highest BCUT2D eigenvalue weighted by Crippen LogP contribution is 2.17. The van der Waals surface area contributed by atoms with E-state index in [0.29, 0.717) is 13.0 Å². The van der Waals surface area contributed by atoms with E-state index in [1.165, 1.54) is 96.3 Å². The molecule has 0 aliphatic rings. The molecule has 0 rings (SSSR count). The van der Waals surface area contributed by atoms with E-state index in [4.69, 9.17) is 4.55 Å². The van der Waals surface area contributed by atoms with Crippen molar-refractivity contribution in [2.75, 3.05) is 12.3 Å². The van der Waals surface area contributed by atoms with Crippen LogP contribution in [0.5, 0.6) is 0 Å². The first-order valence-electron chi connectivity index (χ1n) is 12.0. The first-order valence-corrected chi connectivity index (χ1v) is 13.6. The molecular weight excluding hydrogens is 370 g/mol. The molecule has 4 nitrogen and oxygen atoms in total. The van der Waals surface area contributed by atoms with E-state index in [-0.39, 0.29) is 11.3 Å². The van der Waals surface area contributed by atoms with Crippen molar-refractivity contribution in [1.29, 1.82) is 0 Å². The van der Waals surface area contributed by atoms with Gasteiger partial charge in [0.05, 0.1) is 5.75 Å². The van der Waals surface area contributed by atoms with E-state index in [9.17, 15) is 8.42 Å². The second kappa shape index (κ2) is 17.7. The maximum Gasteiger partial charge on any atom is 0.264 e. The summed E-state index contributed by atoms with van der Waals surface area (Å²) in [5.41, 5.74) is 0.0375. The van der Waals surface area contributed by atoms with Gasteiger partial charge in [-0.2, -0.15) is 8.42 Å². The fourth-order valence-electron chi connectivity index (χ4n) is 3.71. The Morgan fingerprint density at radius 2 is 1.07 bits per heavy atom. The highest BCUT2D eigenvalue weighted by molar-refractivity contribution is 7.85. The van der Waals surface area contributed by atoms with Crippen LogP contribution in [-0.2, 0) is 10.1 Å². The van der Waals surface area contributed by atoms with Gasteiger partial charge < -0.3 is 5.32 Å². The summed E-state index contributed by atoms with van der Waals surface area (Å²) in [5, 5.41) is 3.41. The van der Waals surface area contributed by atoms with Gasteiger partial charge in [0.1, 0.15) is 0 Å². The highest BCUT2D eigenvalue weighted by Gasteiger charge is 2.16. The standard InChI is InChI=1S/C23H49NO3S/c1-4-5-6-7-8-9-10-11-12-13-14-15-16-17-18-20-23(2,3)24-21-19-22-28(25,26)27/h24H,4-22H2,1-3H3,(H,25,26,27). The van der Waals surface area contributed by atoms with Crippen LogP contribution in [0, 0.1) is 0 Å². The van der Waals surface area contributed by atoms with E-state index >= 15 is 0 Å². The molecule has 5 heteroatoms. The number of hydrogen-bond donors (Lipinski definition) is 2. The molecule has 0 saturated carbocycles. The molecule has 170 valence electrons. The minimum atomic E-state index is -3.83. The van der Waals surface area contributed by atoms with Crippen molar-refractivity contribution < 1.29 is 13.0 Å². The molecule has 0 atom stereocenters. The van der Waals surface area contributed by atoms with Crippen LogP contribution in [0.4, 0.5) is 0 Å². The van der Waals surface area contributed by atoms with Gasteiger partial charge in [0.2, 0.25) is 0 Å². The summed E-state index contributed by atoms with van der Waals surface area (Å²) in [6, 6.07) is 0. The number of unbranched alkanes of at least 4 members (excludes halogenated alkanes) is 14. The molecule has 0 aliphatic heterocycles. The topological polar surface area (TPSA) is 66.4 Å². The molecule has 0 radical (unpaired) electrons. The van der Waals surface area contributed by atoms with E-state index < -0.39 is 10.1 Å². The predicted octanol–water partition coefficient (Wildman–Crippen LogP) is 6.89. The van der Waals surface area contributed by atoms with Crippen LogP contribution in [0.3, 0.4) is 0 Å². The van der Waals surface area contributed by atoms with Gasteiger partial charge in [0, 0.05) is 5.54 Å². The zero-order valence-electron chi connectivity index (χ0n) is 19.1. The number of rotatable bonds is 21. The van der Waals surface area contributed by atoms with Crippen LogP contribution in [0.1, 0.15) is 130 Å². The number of hydrogen-bond acceptors (Lipinski definition) is 3. The molecule has 0 aromatic carbocycles. The molecule has 28 heavy (non-hydrogen) atoms. The Kier molecular flexibility index (Phi) is 17.6. The fourth-order valence-corrected chi connectivity index (χ4v) is 4.22. The van der Waals surface area contributed by atoms with Crippen LogP contribution in [0.2, 0.25) is 0 Å². The van der Waals surface area contributed by atoms with Crippen molar-refractivity contribution in [3.05, 3.63) is 0 Å². The van der Waals surface area contributed by atoms with E-state index in [2.05, 4.69) is 26.1 Å². The van der Waals surface area contributed by atoms with Gasteiger partial charge in [0.25, 0.3) is 10.1 Å². The Hall–Kier alpha value is -0.130. The minimum Gasteiger partial charge on any atom is -0.312 e. The molecule has 0 heterocycles. The molecule has 0 fully saturated rings. The molecule has 0 amide bonds. The summed E-state index contributed by atoms with van der Waals surface area (Å²) in [6.45, 7) is 7.25. The van der Waals surface area contributed by atoms with Crippen LogP contribution in [0.15, 0.2) is 0 Å². The third-order valence-electron chi connectivity index (χ3n) is 5.59. The molecule has 0 saturated heterocycles. The smallest absolute Gasteiger partial charge is 0.264 e. The lowest BCUT2D eigenvalue weighted by atomic mass is 9.95. The lowest BCUT2D eigenvalue weighted by Gasteiger charge is -2.26. The molecule has 2 N–H and O–H groups in total. The molecule has 0 aliphatic carbocycles. The average molecular weight is 420 g/mol. The third-order valence-corrected chi connectivity index (χ3v) is 6.39. The van der Waals surface area contributed by atoms with Crippen LogP contribution in [0.25, 0.3) is 0 Å². The lowest BCUT2D eigenvalue weighted by Crippen LogP contribution is -2.40. The normalized spacial score (nSPS) is 12.6. The van der Waals surface area contributed by atoms with Crippen molar-refractivity contribution in [2.24, 2.45) is 0 Å². The summed E-state index contributed by atoms with van der Waals surface area (Å²) >= 11 is 0. The van der Waals surface area contributed by atoms with Gasteiger partial charge in [-0.15, -0.1) is 0 Å². The van der Waals surface area contributed by atoms with Gasteiger partial charge in [0.15, 0.2) is 0 Å². The van der Waals surface area contributed by atoms with E-state index in [0.717, 1.165) is 6.42 Å².